The highest BCUT2D eigenvalue weighted by molar-refractivity contribution is 7.99. The molecule has 1 unspecified atom stereocenters. The molecule has 0 bridgehead atoms. The van der Waals surface area contributed by atoms with Crippen LogP contribution in [0.5, 0.6) is 11.5 Å². The number of carbonyl (C=O) groups is 1. The molecule has 0 saturated carbocycles. The molecule has 2 aromatic carbocycles. The fourth-order valence-electron chi connectivity index (χ4n) is 2.82. The molecule has 0 aliphatic heterocycles. The smallest absolute Gasteiger partial charge is 0.234 e. The SMILES string of the molecule is CCn1c(SCC(=O)Nc2ccc(F)cc2F)nnc1C(C)Oc1ccc(OC)cc1. The molecule has 1 amide bonds. The van der Waals surface area contributed by atoms with Gasteiger partial charge in [-0.1, -0.05) is 11.8 Å². The molecule has 3 aromatic rings. The molecule has 1 aromatic heterocycles. The van der Waals surface area contributed by atoms with Crippen molar-refractivity contribution in [3.63, 3.8) is 0 Å². The summed E-state index contributed by atoms with van der Waals surface area (Å²) in [6, 6.07) is 10.2. The molecular formula is C21H22F2N4O3S. The van der Waals surface area contributed by atoms with Crippen molar-refractivity contribution in [2.75, 3.05) is 18.2 Å². The van der Waals surface area contributed by atoms with E-state index in [1.807, 2.05) is 18.4 Å². The highest BCUT2D eigenvalue weighted by Gasteiger charge is 2.20. The van der Waals surface area contributed by atoms with Gasteiger partial charge in [0.1, 0.15) is 23.1 Å². The molecule has 31 heavy (non-hydrogen) atoms. The number of carbonyl (C=O) groups excluding carboxylic acids is 1. The number of nitrogens with one attached hydrogen (secondary N) is 1. The van der Waals surface area contributed by atoms with Gasteiger partial charge in [-0.25, -0.2) is 8.78 Å². The monoisotopic (exact) mass is 448 g/mol. The Morgan fingerprint density at radius 3 is 2.52 bits per heavy atom. The summed E-state index contributed by atoms with van der Waals surface area (Å²) >= 11 is 1.17. The molecule has 164 valence electrons. The third-order valence-corrected chi connectivity index (χ3v) is 5.30. The van der Waals surface area contributed by atoms with Crippen molar-refractivity contribution in [2.45, 2.75) is 31.7 Å². The van der Waals surface area contributed by atoms with E-state index in [1.54, 1.807) is 31.4 Å². The van der Waals surface area contributed by atoms with Crippen LogP contribution in [0.3, 0.4) is 0 Å². The highest BCUT2D eigenvalue weighted by Crippen LogP contribution is 2.26. The lowest BCUT2D eigenvalue weighted by Crippen LogP contribution is -2.16. The molecule has 0 aliphatic carbocycles. The van der Waals surface area contributed by atoms with Gasteiger partial charge in [0.15, 0.2) is 17.1 Å². The van der Waals surface area contributed by atoms with E-state index >= 15 is 0 Å². The average Bonchev–Trinajstić information content (AvgIpc) is 3.18. The summed E-state index contributed by atoms with van der Waals surface area (Å²) in [6.45, 7) is 4.37. The van der Waals surface area contributed by atoms with E-state index in [9.17, 15) is 13.6 Å². The summed E-state index contributed by atoms with van der Waals surface area (Å²) < 4.78 is 39.6. The van der Waals surface area contributed by atoms with Crippen molar-refractivity contribution in [3.05, 3.63) is 59.9 Å². The van der Waals surface area contributed by atoms with E-state index < -0.39 is 17.5 Å². The molecule has 3 rings (SSSR count). The highest BCUT2D eigenvalue weighted by atomic mass is 32.2. The number of benzene rings is 2. The van der Waals surface area contributed by atoms with Crippen LogP contribution in [0.1, 0.15) is 25.8 Å². The first kappa shape index (κ1) is 22.5. The van der Waals surface area contributed by atoms with Crippen LogP contribution >= 0.6 is 11.8 Å². The molecule has 0 aliphatic rings. The van der Waals surface area contributed by atoms with Crippen molar-refractivity contribution in [1.82, 2.24) is 14.8 Å². The number of ether oxygens (including phenoxy) is 2. The zero-order valence-corrected chi connectivity index (χ0v) is 18.1. The van der Waals surface area contributed by atoms with Crippen LogP contribution in [0.4, 0.5) is 14.5 Å². The average molecular weight is 448 g/mol. The second-order valence-electron chi connectivity index (χ2n) is 6.48. The zero-order chi connectivity index (χ0) is 22.4. The van der Waals surface area contributed by atoms with Gasteiger partial charge < -0.3 is 19.4 Å². The Hall–Kier alpha value is -3.14. The number of rotatable bonds is 9. The van der Waals surface area contributed by atoms with Gasteiger partial charge in [0.05, 0.1) is 18.6 Å². The fraction of sp³-hybridized carbons (Fsp3) is 0.286. The molecule has 7 nitrogen and oxygen atoms in total. The largest absolute Gasteiger partial charge is 0.497 e. The molecule has 1 heterocycles. The molecular weight excluding hydrogens is 426 g/mol. The van der Waals surface area contributed by atoms with Gasteiger partial charge in [-0.05, 0) is 50.2 Å². The van der Waals surface area contributed by atoms with Crippen molar-refractivity contribution >= 4 is 23.4 Å². The van der Waals surface area contributed by atoms with Crippen LogP contribution in [0.2, 0.25) is 0 Å². The lowest BCUT2D eigenvalue weighted by Gasteiger charge is -2.15. The first-order valence-corrected chi connectivity index (χ1v) is 10.5. The number of thioether (sulfide) groups is 1. The molecule has 0 spiro atoms. The van der Waals surface area contributed by atoms with Gasteiger partial charge in [0.25, 0.3) is 0 Å². The number of methoxy groups -OCH3 is 1. The van der Waals surface area contributed by atoms with Crippen LogP contribution in [0.15, 0.2) is 47.6 Å². The molecule has 0 saturated heterocycles. The number of anilines is 1. The number of amides is 1. The van der Waals surface area contributed by atoms with E-state index in [4.69, 9.17) is 9.47 Å². The van der Waals surface area contributed by atoms with Gasteiger partial charge in [0, 0.05) is 12.6 Å². The van der Waals surface area contributed by atoms with Gasteiger partial charge >= 0.3 is 0 Å². The van der Waals surface area contributed by atoms with E-state index in [1.165, 1.54) is 17.8 Å². The third kappa shape index (κ3) is 5.72. The topological polar surface area (TPSA) is 78.3 Å². The Balaban J connectivity index is 1.62. The Labute approximate surface area is 182 Å². The maximum atomic E-state index is 13.7. The van der Waals surface area contributed by atoms with Crippen molar-refractivity contribution in [2.24, 2.45) is 0 Å². The maximum absolute atomic E-state index is 13.7. The van der Waals surface area contributed by atoms with Gasteiger partial charge in [0.2, 0.25) is 5.91 Å². The van der Waals surface area contributed by atoms with E-state index in [2.05, 4.69) is 15.5 Å². The lowest BCUT2D eigenvalue weighted by molar-refractivity contribution is -0.113. The van der Waals surface area contributed by atoms with Crippen molar-refractivity contribution in [3.8, 4) is 11.5 Å². The Morgan fingerprint density at radius 1 is 1.16 bits per heavy atom. The maximum Gasteiger partial charge on any atom is 0.234 e. The van der Waals surface area contributed by atoms with Gasteiger partial charge in [-0.3, -0.25) is 4.79 Å². The Kier molecular flexibility index (Phi) is 7.45. The summed E-state index contributed by atoms with van der Waals surface area (Å²) in [6.07, 6.45) is -0.377. The molecule has 1 N–H and O–H groups in total. The van der Waals surface area contributed by atoms with E-state index in [-0.39, 0.29) is 17.5 Å². The standard InChI is InChI=1S/C21H22F2N4O3S/c1-4-27-20(13(2)30-16-8-6-15(29-3)7-9-16)25-26-21(27)31-12-19(28)24-18-10-5-14(22)11-17(18)23/h5-11,13H,4,12H2,1-3H3,(H,24,28). The van der Waals surface area contributed by atoms with Crippen LogP contribution in [-0.4, -0.2) is 33.5 Å². The van der Waals surface area contributed by atoms with Crippen LogP contribution < -0.4 is 14.8 Å². The number of aromatic nitrogens is 3. The summed E-state index contributed by atoms with van der Waals surface area (Å²) in [5.41, 5.74) is -0.0776. The van der Waals surface area contributed by atoms with Crippen LogP contribution in [0, 0.1) is 11.6 Å². The summed E-state index contributed by atoms with van der Waals surface area (Å²) in [5, 5.41) is 11.3. The second-order valence-corrected chi connectivity index (χ2v) is 7.42. The van der Waals surface area contributed by atoms with Crippen molar-refractivity contribution < 1.29 is 23.0 Å². The van der Waals surface area contributed by atoms with Gasteiger partial charge in [-0.15, -0.1) is 10.2 Å². The summed E-state index contributed by atoms with van der Waals surface area (Å²) in [7, 11) is 1.60. The molecule has 1 atom stereocenters. The minimum atomic E-state index is -0.832. The summed E-state index contributed by atoms with van der Waals surface area (Å²) in [4.78, 5) is 12.2. The van der Waals surface area contributed by atoms with Crippen LogP contribution in [0.25, 0.3) is 0 Å². The predicted molar refractivity (Wildman–Crippen MR) is 113 cm³/mol. The normalized spacial score (nSPS) is 11.8. The third-order valence-electron chi connectivity index (χ3n) is 4.34. The van der Waals surface area contributed by atoms with Crippen molar-refractivity contribution in [1.29, 1.82) is 0 Å². The van der Waals surface area contributed by atoms with E-state index in [0.717, 1.165) is 11.8 Å². The quantitative estimate of drug-likeness (QED) is 0.487. The fourth-order valence-corrected chi connectivity index (χ4v) is 3.63. The Morgan fingerprint density at radius 2 is 1.87 bits per heavy atom. The lowest BCUT2D eigenvalue weighted by atomic mass is 10.3. The van der Waals surface area contributed by atoms with Gasteiger partial charge in [-0.2, -0.15) is 0 Å². The first-order valence-electron chi connectivity index (χ1n) is 9.52. The predicted octanol–water partition coefficient (Wildman–Crippen LogP) is 4.46. The zero-order valence-electron chi connectivity index (χ0n) is 17.3. The minimum absolute atomic E-state index is 0.0112. The number of hydrogen-bond donors (Lipinski definition) is 1. The molecule has 0 fully saturated rings. The summed E-state index contributed by atoms with van der Waals surface area (Å²) in [5.74, 6) is 0.0169. The minimum Gasteiger partial charge on any atom is -0.497 e. The number of hydrogen-bond acceptors (Lipinski definition) is 6. The molecule has 0 radical (unpaired) electrons. The van der Waals surface area contributed by atoms with Crippen LogP contribution in [-0.2, 0) is 11.3 Å². The second kappa shape index (κ2) is 10.3. The number of nitrogens with zero attached hydrogens (tertiary/aromatic N) is 3. The molecule has 10 heteroatoms. The van der Waals surface area contributed by atoms with E-state index in [0.29, 0.717) is 29.3 Å². The Bertz CT molecular complexity index is 1040. The number of halogens is 2. The first-order chi connectivity index (χ1) is 14.9.